The van der Waals surface area contributed by atoms with Crippen LogP contribution in [0.5, 0.6) is 5.75 Å². The van der Waals surface area contributed by atoms with Crippen molar-refractivity contribution < 1.29 is 9.13 Å². The summed E-state index contributed by atoms with van der Waals surface area (Å²) < 4.78 is 20.2. The van der Waals surface area contributed by atoms with Crippen molar-refractivity contribution in [2.24, 2.45) is 0 Å². The molecule has 2 aromatic carbocycles. The fourth-order valence-electron chi connectivity index (χ4n) is 3.67. The van der Waals surface area contributed by atoms with E-state index >= 15 is 0 Å². The average Bonchev–Trinajstić information content (AvgIpc) is 2.77. The van der Waals surface area contributed by atoms with E-state index in [1.54, 1.807) is 12.3 Å². The van der Waals surface area contributed by atoms with Gasteiger partial charge in [-0.25, -0.2) is 4.39 Å². The normalized spacial score (nSPS) is 10.9. The summed E-state index contributed by atoms with van der Waals surface area (Å²) in [5, 5.41) is 0. The molecule has 0 atom stereocenters. The molecule has 0 aliphatic rings. The molecule has 0 aliphatic carbocycles. The Kier molecular flexibility index (Phi) is 8.43. The second-order valence-corrected chi connectivity index (χ2v) is 7.72. The summed E-state index contributed by atoms with van der Waals surface area (Å²) in [6.07, 6.45) is 10.2. The highest BCUT2D eigenvalue weighted by Crippen LogP contribution is 2.26. The molecule has 1 heterocycles. The predicted octanol–water partition coefficient (Wildman–Crippen LogP) is 7.86. The number of benzene rings is 2. The summed E-state index contributed by atoms with van der Waals surface area (Å²) in [5.74, 6) is 0.661. The van der Waals surface area contributed by atoms with Gasteiger partial charge in [0.1, 0.15) is 11.6 Å². The Morgan fingerprint density at radius 2 is 1.53 bits per heavy atom. The van der Waals surface area contributed by atoms with Crippen LogP contribution >= 0.6 is 0 Å². The largest absolute Gasteiger partial charge is 0.494 e. The molecule has 2 nitrogen and oxygen atoms in total. The van der Waals surface area contributed by atoms with Crippen LogP contribution < -0.4 is 4.74 Å². The van der Waals surface area contributed by atoms with E-state index in [-0.39, 0.29) is 5.82 Å². The topological polar surface area (TPSA) is 22.1 Å². The zero-order valence-electron chi connectivity index (χ0n) is 18.2. The minimum atomic E-state index is -0.195. The molecule has 0 aliphatic heterocycles. The van der Waals surface area contributed by atoms with Gasteiger partial charge in [-0.15, -0.1) is 0 Å². The minimum absolute atomic E-state index is 0.195. The molecule has 0 N–H and O–H groups in total. The monoisotopic (exact) mass is 405 g/mol. The van der Waals surface area contributed by atoms with Crippen LogP contribution in [0.15, 0.2) is 60.8 Å². The lowest BCUT2D eigenvalue weighted by molar-refractivity contribution is 0.340. The van der Waals surface area contributed by atoms with E-state index in [0.717, 1.165) is 35.3 Å². The molecule has 0 amide bonds. The predicted molar refractivity (Wildman–Crippen MR) is 123 cm³/mol. The quantitative estimate of drug-likeness (QED) is 0.303. The molecular formula is C27H32FNO. The van der Waals surface area contributed by atoms with Crippen LogP contribution in [0.25, 0.3) is 22.4 Å². The smallest absolute Gasteiger partial charge is 0.132 e. The average molecular weight is 406 g/mol. The van der Waals surface area contributed by atoms with E-state index < -0.39 is 0 Å². The van der Waals surface area contributed by atoms with Crippen molar-refractivity contribution in [2.75, 3.05) is 6.61 Å². The fraction of sp³-hybridized carbons (Fsp3) is 0.370. The minimum Gasteiger partial charge on any atom is -0.494 e. The number of pyridine rings is 1. The lowest BCUT2D eigenvalue weighted by Crippen LogP contribution is -1.93. The van der Waals surface area contributed by atoms with E-state index in [0.29, 0.717) is 17.9 Å². The highest BCUT2D eigenvalue weighted by Gasteiger charge is 2.08. The van der Waals surface area contributed by atoms with Gasteiger partial charge < -0.3 is 4.74 Å². The molecule has 3 aromatic rings. The molecule has 1 aromatic heterocycles. The summed E-state index contributed by atoms with van der Waals surface area (Å²) in [4.78, 5) is 4.51. The summed E-state index contributed by atoms with van der Waals surface area (Å²) in [5.41, 5.74) is 4.35. The molecule has 3 heteroatoms. The highest BCUT2D eigenvalue weighted by atomic mass is 19.1. The fourth-order valence-corrected chi connectivity index (χ4v) is 3.67. The Hall–Kier alpha value is -2.68. The first-order valence-electron chi connectivity index (χ1n) is 11.2. The van der Waals surface area contributed by atoms with E-state index in [2.05, 4.69) is 11.9 Å². The van der Waals surface area contributed by atoms with Crippen LogP contribution in [0.3, 0.4) is 0 Å². The van der Waals surface area contributed by atoms with Crippen LogP contribution in [0.1, 0.15) is 57.9 Å². The van der Waals surface area contributed by atoms with E-state index in [9.17, 15) is 4.39 Å². The van der Waals surface area contributed by atoms with Gasteiger partial charge in [0.25, 0.3) is 0 Å². The molecule has 0 fully saturated rings. The number of nitrogens with zero attached hydrogens (tertiary/aromatic N) is 1. The maximum atomic E-state index is 14.7. The lowest BCUT2D eigenvalue weighted by atomic mass is 10.0. The van der Waals surface area contributed by atoms with Crippen molar-refractivity contribution >= 4 is 0 Å². The van der Waals surface area contributed by atoms with Crippen LogP contribution in [-0.4, -0.2) is 11.6 Å². The highest BCUT2D eigenvalue weighted by molar-refractivity contribution is 5.67. The first-order chi connectivity index (χ1) is 14.7. The third-order valence-corrected chi connectivity index (χ3v) is 5.39. The molecule has 0 spiro atoms. The SMILES string of the molecule is CCCCCCCCc1ccc(-c2ccc(-c3ccc(OCC)cc3)cn2)c(F)c1. The zero-order chi connectivity index (χ0) is 21.2. The number of aromatic nitrogens is 1. The molecule has 3 rings (SSSR count). The second-order valence-electron chi connectivity index (χ2n) is 7.72. The maximum absolute atomic E-state index is 14.7. The Morgan fingerprint density at radius 1 is 0.800 bits per heavy atom. The van der Waals surface area contributed by atoms with Gasteiger partial charge >= 0.3 is 0 Å². The van der Waals surface area contributed by atoms with Crippen molar-refractivity contribution in [1.82, 2.24) is 4.98 Å². The number of hydrogen-bond acceptors (Lipinski definition) is 2. The van der Waals surface area contributed by atoms with Crippen LogP contribution in [0.2, 0.25) is 0 Å². The van der Waals surface area contributed by atoms with Gasteiger partial charge in [-0.2, -0.15) is 0 Å². The number of unbranched alkanes of at least 4 members (excludes halogenated alkanes) is 5. The van der Waals surface area contributed by atoms with Gasteiger partial charge in [-0.05, 0) is 61.2 Å². The standard InChI is InChI=1S/C27H32FNO/c1-3-5-6-7-8-9-10-21-11-17-25(26(28)19-21)27-18-14-23(20-29-27)22-12-15-24(16-13-22)30-4-2/h11-20H,3-10H2,1-2H3. The van der Waals surface area contributed by atoms with Gasteiger partial charge in [0, 0.05) is 17.3 Å². The third-order valence-electron chi connectivity index (χ3n) is 5.39. The first-order valence-corrected chi connectivity index (χ1v) is 11.2. The Bertz CT molecular complexity index is 903. The van der Waals surface area contributed by atoms with Crippen molar-refractivity contribution in [2.45, 2.75) is 58.8 Å². The molecular weight excluding hydrogens is 373 g/mol. The maximum Gasteiger partial charge on any atom is 0.132 e. The molecule has 30 heavy (non-hydrogen) atoms. The van der Waals surface area contributed by atoms with Gasteiger partial charge in [-0.1, -0.05) is 63.3 Å². The van der Waals surface area contributed by atoms with Gasteiger partial charge in [0.2, 0.25) is 0 Å². The number of hydrogen-bond donors (Lipinski definition) is 0. The van der Waals surface area contributed by atoms with Crippen molar-refractivity contribution in [3.8, 4) is 28.1 Å². The molecule has 0 bridgehead atoms. The summed E-state index contributed by atoms with van der Waals surface area (Å²) in [6, 6.07) is 17.4. The van der Waals surface area contributed by atoms with E-state index in [1.807, 2.05) is 55.5 Å². The van der Waals surface area contributed by atoms with Gasteiger partial charge in [0.05, 0.1) is 12.3 Å². The summed E-state index contributed by atoms with van der Waals surface area (Å²) in [7, 11) is 0. The van der Waals surface area contributed by atoms with Gasteiger partial charge in [-0.3, -0.25) is 4.98 Å². The Balaban J connectivity index is 1.61. The summed E-state index contributed by atoms with van der Waals surface area (Å²) >= 11 is 0. The zero-order valence-corrected chi connectivity index (χ0v) is 18.2. The van der Waals surface area contributed by atoms with Gasteiger partial charge in [0.15, 0.2) is 0 Å². The van der Waals surface area contributed by atoms with Crippen molar-refractivity contribution in [3.63, 3.8) is 0 Å². The molecule has 158 valence electrons. The number of rotatable bonds is 11. The van der Waals surface area contributed by atoms with Crippen molar-refractivity contribution in [3.05, 3.63) is 72.2 Å². The second kappa shape index (κ2) is 11.5. The number of halogens is 1. The van der Waals surface area contributed by atoms with Crippen molar-refractivity contribution in [1.29, 1.82) is 0 Å². The van der Waals surface area contributed by atoms with Crippen LogP contribution in [-0.2, 0) is 6.42 Å². The number of ether oxygens (including phenoxy) is 1. The Morgan fingerprint density at radius 3 is 2.20 bits per heavy atom. The van der Waals surface area contributed by atoms with E-state index in [1.165, 1.54) is 32.1 Å². The lowest BCUT2D eigenvalue weighted by Gasteiger charge is -2.08. The molecule has 0 saturated carbocycles. The first kappa shape index (κ1) is 22.0. The van der Waals surface area contributed by atoms with Crippen LogP contribution in [0, 0.1) is 5.82 Å². The van der Waals surface area contributed by atoms with E-state index in [4.69, 9.17) is 4.74 Å². The Labute approximate surface area is 180 Å². The molecule has 0 unspecified atom stereocenters. The number of aryl methyl sites for hydroxylation is 1. The van der Waals surface area contributed by atoms with Crippen LogP contribution in [0.4, 0.5) is 4.39 Å². The third kappa shape index (κ3) is 6.16. The molecule has 0 radical (unpaired) electrons. The summed E-state index contributed by atoms with van der Waals surface area (Å²) in [6.45, 7) is 4.85. The molecule has 0 saturated heterocycles.